The highest BCUT2D eigenvalue weighted by atomic mass is 35.5. The van der Waals surface area contributed by atoms with Crippen LogP contribution in [0.3, 0.4) is 0 Å². The summed E-state index contributed by atoms with van der Waals surface area (Å²) in [4.78, 5) is 6.53. The van der Waals surface area contributed by atoms with Crippen molar-refractivity contribution in [2.45, 2.75) is 6.61 Å². The number of anilines is 1. The van der Waals surface area contributed by atoms with Gasteiger partial charge in [-0.25, -0.2) is 4.98 Å². The van der Waals surface area contributed by atoms with Crippen molar-refractivity contribution in [3.05, 3.63) is 53.2 Å². The Kier molecular flexibility index (Phi) is 4.23. The summed E-state index contributed by atoms with van der Waals surface area (Å²) in [5.74, 6) is 1.44. The topological polar surface area (TPSA) is 51.9 Å². The molecule has 0 aliphatic carbocycles. The fraction of sp³-hybridized carbons (Fsp3) is 0.294. The molecule has 1 aliphatic heterocycles. The van der Waals surface area contributed by atoms with Crippen molar-refractivity contribution < 1.29 is 9.47 Å². The minimum Gasteiger partial charge on any atom is -0.472 e. The summed E-state index contributed by atoms with van der Waals surface area (Å²) in [7, 11) is 0. The zero-order valence-electron chi connectivity index (χ0n) is 13.1. The van der Waals surface area contributed by atoms with Gasteiger partial charge in [-0.2, -0.15) is 4.52 Å². The highest BCUT2D eigenvalue weighted by molar-refractivity contribution is 6.29. The molecule has 0 bridgehead atoms. The second-order valence-electron chi connectivity index (χ2n) is 5.56. The van der Waals surface area contributed by atoms with Crippen LogP contribution >= 0.6 is 11.6 Å². The van der Waals surface area contributed by atoms with Crippen molar-refractivity contribution in [2.75, 3.05) is 31.2 Å². The van der Waals surface area contributed by atoms with E-state index in [0.29, 0.717) is 36.5 Å². The van der Waals surface area contributed by atoms with Crippen LogP contribution in [0.1, 0.15) is 5.56 Å². The highest BCUT2D eigenvalue weighted by Crippen LogP contribution is 2.24. The van der Waals surface area contributed by atoms with E-state index in [0.717, 1.165) is 24.5 Å². The number of halogens is 1. The van der Waals surface area contributed by atoms with Gasteiger partial charge in [-0.05, 0) is 5.56 Å². The van der Waals surface area contributed by atoms with Crippen LogP contribution in [0.4, 0.5) is 5.82 Å². The maximum atomic E-state index is 6.17. The summed E-state index contributed by atoms with van der Waals surface area (Å²) in [5.41, 5.74) is 1.76. The number of ether oxygens (including phenoxy) is 2. The van der Waals surface area contributed by atoms with Crippen LogP contribution in [0.2, 0.25) is 5.15 Å². The monoisotopic (exact) mass is 344 g/mol. The molecule has 124 valence electrons. The van der Waals surface area contributed by atoms with Crippen molar-refractivity contribution in [3.8, 4) is 5.88 Å². The lowest BCUT2D eigenvalue weighted by atomic mass is 10.2. The van der Waals surface area contributed by atoms with E-state index in [4.69, 9.17) is 21.1 Å². The van der Waals surface area contributed by atoms with Crippen LogP contribution in [0.25, 0.3) is 5.65 Å². The summed E-state index contributed by atoms with van der Waals surface area (Å²) in [6.45, 7) is 3.45. The number of benzene rings is 1. The van der Waals surface area contributed by atoms with Crippen molar-refractivity contribution in [2.24, 2.45) is 0 Å². The molecule has 1 aliphatic rings. The van der Waals surface area contributed by atoms with Gasteiger partial charge in [0.1, 0.15) is 17.6 Å². The van der Waals surface area contributed by atoms with E-state index in [1.165, 1.54) is 0 Å². The maximum absolute atomic E-state index is 6.17. The Labute approximate surface area is 144 Å². The minimum absolute atomic E-state index is 0.443. The predicted octanol–water partition coefficient (Wildman–Crippen LogP) is 2.80. The number of morpholine rings is 1. The minimum atomic E-state index is 0.443. The van der Waals surface area contributed by atoms with Crippen LogP contribution in [0.5, 0.6) is 5.88 Å². The maximum Gasteiger partial charge on any atom is 0.235 e. The molecule has 0 unspecified atom stereocenters. The van der Waals surface area contributed by atoms with Crippen LogP contribution in [-0.2, 0) is 11.3 Å². The second-order valence-corrected chi connectivity index (χ2v) is 5.95. The Morgan fingerprint density at radius 3 is 2.71 bits per heavy atom. The van der Waals surface area contributed by atoms with E-state index >= 15 is 0 Å². The van der Waals surface area contributed by atoms with Gasteiger partial charge < -0.3 is 14.4 Å². The first kappa shape index (κ1) is 15.2. The Morgan fingerprint density at radius 1 is 1.12 bits per heavy atom. The fourth-order valence-corrected chi connectivity index (χ4v) is 2.91. The molecule has 1 aromatic carbocycles. The first-order chi connectivity index (χ1) is 11.8. The summed E-state index contributed by atoms with van der Waals surface area (Å²) in [6, 6.07) is 13.6. The molecule has 24 heavy (non-hydrogen) atoms. The molecular weight excluding hydrogens is 328 g/mol. The SMILES string of the molecule is Clc1cc(N2CCOCC2)n2nc(OCc3ccccc3)cc2n1. The van der Waals surface area contributed by atoms with Gasteiger partial charge in [0.15, 0.2) is 5.65 Å². The normalized spacial score (nSPS) is 15.0. The number of nitrogens with zero attached hydrogens (tertiary/aromatic N) is 4. The van der Waals surface area contributed by atoms with Crippen molar-refractivity contribution in [1.82, 2.24) is 14.6 Å². The van der Waals surface area contributed by atoms with Gasteiger partial charge in [0.25, 0.3) is 0 Å². The molecule has 2 aromatic heterocycles. The molecule has 0 radical (unpaired) electrons. The Morgan fingerprint density at radius 2 is 1.92 bits per heavy atom. The number of fused-ring (bicyclic) bond motifs is 1. The molecule has 6 nitrogen and oxygen atoms in total. The number of aromatic nitrogens is 3. The van der Waals surface area contributed by atoms with Gasteiger partial charge in [0.05, 0.1) is 13.2 Å². The molecule has 1 fully saturated rings. The average Bonchev–Trinajstić information content (AvgIpc) is 3.03. The van der Waals surface area contributed by atoms with Crippen molar-refractivity contribution >= 4 is 23.1 Å². The third-order valence-corrected chi connectivity index (χ3v) is 4.11. The zero-order chi connectivity index (χ0) is 16.4. The molecule has 3 heterocycles. The van der Waals surface area contributed by atoms with Crippen LogP contribution in [-0.4, -0.2) is 40.9 Å². The van der Waals surface area contributed by atoms with Gasteiger partial charge in [0.2, 0.25) is 5.88 Å². The van der Waals surface area contributed by atoms with Gasteiger partial charge in [-0.15, -0.1) is 5.10 Å². The molecule has 0 spiro atoms. The molecule has 7 heteroatoms. The summed E-state index contributed by atoms with van der Waals surface area (Å²) < 4.78 is 13.0. The fourth-order valence-electron chi connectivity index (χ4n) is 2.73. The second kappa shape index (κ2) is 6.67. The Bertz CT molecular complexity index is 831. The smallest absolute Gasteiger partial charge is 0.235 e. The lowest BCUT2D eigenvalue weighted by molar-refractivity contribution is 0.122. The predicted molar refractivity (Wildman–Crippen MR) is 91.8 cm³/mol. The van der Waals surface area contributed by atoms with Gasteiger partial charge >= 0.3 is 0 Å². The van der Waals surface area contributed by atoms with Gasteiger partial charge in [-0.3, -0.25) is 0 Å². The third-order valence-electron chi connectivity index (χ3n) is 3.92. The average molecular weight is 345 g/mol. The van der Waals surface area contributed by atoms with E-state index in [1.807, 2.05) is 36.4 Å². The molecular formula is C17H17ClN4O2. The van der Waals surface area contributed by atoms with E-state index < -0.39 is 0 Å². The lowest BCUT2D eigenvalue weighted by Gasteiger charge is -2.28. The van der Waals surface area contributed by atoms with E-state index in [1.54, 1.807) is 10.6 Å². The first-order valence-electron chi connectivity index (χ1n) is 7.85. The first-order valence-corrected chi connectivity index (χ1v) is 8.23. The molecule has 0 N–H and O–H groups in total. The van der Waals surface area contributed by atoms with Crippen molar-refractivity contribution in [1.29, 1.82) is 0 Å². The van der Waals surface area contributed by atoms with Gasteiger partial charge in [0, 0.05) is 25.2 Å². The van der Waals surface area contributed by atoms with E-state index in [9.17, 15) is 0 Å². The van der Waals surface area contributed by atoms with E-state index in [-0.39, 0.29) is 0 Å². The molecule has 1 saturated heterocycles. The molecule has 4 rings (SSSR count). The number of hydrogen-bond donors (Lipinski definition) is 0. The van der Waals surface area contributed by atoms with Crippen molar-refractivity contribution in [3.63, 3.8) is 0 Å². The molecule has 0 amide bonds. The summed E-state index contributed by atoms with van der Waals surface area (Å²) >= 11 is 6.17. The summed E-state index contributed by atoms with van der Waals surface area (Å²) in [5, 5.41) is 4.98. The van der Waals surface area contributed by atoms with Gasteiger partial charge in [-0.1, -0.05) is 41.9 Å². The largest absolute Gasteiger partial charge is 0.472 e. The molecule has 0 atom stereocenters. The number of hydrogen-bond acceptors (Lipinski definition) is 5. The zero-order valence-corrected chi connectivity index (χ0v) is 13.8. The van der Waals surface area contributed by atoms with E-state index in [2.05, 4.69) is 15.0 Å². The lowest BCUT2D eigenvalue weighted by Crippen LogP contribution is -2.37. The van der Waals surface area contributed by atoms with Crippen LogP contribution < -0.4 is 9.64 Å². The standard InChI is InChI=1S/C17H17ClN4O2/c18-14-10-17(21-6-8-23-9-7-21)22-15(19-14)11-16(20-22)24-12-13-4-2-1-3-5-13/h1-5,10-11H,6-9,12H2. The molecule has 3 aromatic rings. The number of rotatable bonds is 4. The van der Waals surface area contributed by atoms with Crippen LogP contribution in [0.15, 0.2) is 42.5 Å². The highest BCUT2D eigenvalue weighted by Gasteiger charge is 2.17. The molecule has 0 saturated carbocycles. The summed E-state index contributed by atoms with van der Waals surface area (Å²) in [6.07, 6.45) is 0. The van der Waals surface area contributed by atoms with Crippen LogP contribution in [0, 0.1) is 0 Å². The Balaban J connectivity index is 1.62. The Hall–Kier alpha value is -2.31. The third kappa shape index (κ3) is 3.16. The quantitative estimate of drug-likeness (QED) is 0.681.